The number of methoxy groups -OCH3 is 2. The first-order chi connectivity index (χ1) is 18.5. The molecule has 10 nitrogen and oxygen atoms in total. The molecule has 3 N–H and O–H groups in total. The summed E-state index contributed by atoms with van der Waals surface area (Å²) in [6.45, 7) is 5.31. The molecule has 216 valence electrons. The maximum Gasteiger partial charge on any atom is 0.308 e. The Morgan fingerprint density at radius 1 is 1.18 bits per heavy atom. The van der Waals surface area contributed by atoms with Crippen molar-refractivity contribution >= 4 is 5.97 Å². The molecule has 39 heavy (non-hydrogen) atoms. The standard InChI is InChI=1S/C29H41NO9/c1-27(2,33)8-5-10-29(34,16-23(31)36-4)26(32)39-25-22(35-3)15-28-9-6-11-30(28)12-7-18-13-20-21(38-17-37-20)14-19(18)24(25)28/h13-15,24-26,32-34H,5-12,16-17H2,1-4H3. The van der Waals surface area contributed by atoms with Crippen LogP contribution in [0, 0.1) is 0 Å². The molecule has 1 saturated heterocycles. The fourth-order valence-corrected chi connectivity index (χ4v) is 6.83. The lowest BCUT2D eigenvalue weighted by molar-refractivity contribution is -0.241. The maximum absolute atomic E-state index is 12.3. The summed E-state index contributed by atoms with van der Waals surface area (Å²) in [6.07, 6.45) is 2.74. The highest BCUT2D eigenvalue weighted by Gasteiger charge is 2.58. The molecule has 5 unspecified atom stereocenters. The molecule has 0 saturated carbocycles. The Morgan fingerprint density at radius 2 is 1.92 bits per heavy atom. The molecular formula is C29H41NO9. The average Bonchev–Trinajstić information content (AvgIpc) is 3.56. The Bertz CT molecular complexity index is 1110. The predicted molar refractivity (Wildman–Crippen MR) is 140 cm³/mol. The van der Waals surface area contributed by atoms with Crippen molar-refractivity contribution in [2.24, 2.45) is 0 Å². The molecule has 1 aromatic carbocycles. The predicted octanol–water partition coefficient (Wildman–Crippen LogP) is 2.37. The minimum absolute atomic E-state index is 0.0310. The van der Waals surface area contributed by atoms with Gasteiger partial charge in [0.25, 0.3) is 0 Å². The lowest BCUT2D eigenvalue weighted by Gasteiger charge is -2.41. The number of hydrogen-bond donors (Lipinski definition) is 3. The molecule has 3 heterocycles. The quantitative estimate of drug-likeness (QED) is 0.297. The lowest BCUT2D eigenvalue weighted by atomic mass is 9.77. The van der Waals surface area contributed by atoms with E-state index in [1.54, 1.807) is 21.0 Å². The normalized spacial score (nSPS) is 28.0. The minimum Gasteiger partial charge on any atom is -0.499 e. The molecule has 5 rings (SSSR count). The molecule has 3 aliphatic heterocycles. The highest BCUT2D eigenvalue weighted by Crippen LogP contribution is 2.56. The maximum atomic E-state index is 12.3. The third-order valence-corrected chi connectivity index (χ3v) is 8.78. The largest absolute Gasteiger partial charge is 0.499 e. The zero-order valence-electron chi connectivity index (χ0n) is 23.3. The summed E-state index contributed by atoms with van der Waals surface area (Å²) in [4.78, 5) is 14.7. The van der Waals surface area contributed by atoms with E-state index in [1.807, 2.05) is 12.1 Å². The van der Waals surface area contributed by atoms with E-state index in [9.17, 15) is 20.1 Å². The number of benzene rings is 1. The second-order valence-corrected chi connectivity index (χ2v) is 11.9. The number of fused-ring (bicyclic) bond motifs is 3. The molecule has 1 spiro atoms. The van der Waals surface area contributed by atoms with Crippen molar-refractivity contribution in [3.63, 3.8) is 0 Å². The van der Waals surface area contributed by atoms with Gasteiger partial charge >= 0.3 is 5.97 Å². The van der Waals surface area contributed by atoms with Crippen molar-refractivity contribution in [2.45, 2.75) is 93.8 Å². The fraction of sp³-hybridized carbons (Fsp3) is 0.690. The number of ether oxygens (including phenoxy) is 5. The molecule has 1 fully saturated rings. The van der Waals surface area contributed by atoms with Crippen molar-refractivity contribution in [3.05, 3.63) is 35.1 Å². The fourth-order valence-electron chi connectivity index (χ4n) is 6.83. The molecule has 0 bridgehead atoms. The van der Waals surface area contributed by atoms with Gasteiger partial charge in [0.2, 0.25) is 6.79 Å². The molecule has 10 heteroatoms. The number of esters is 1. The Hall–Kier alpha value is -2.37. The van der Waals surface area contributed by atoms with E-state index in [1.165, 1.54) is 7.11 Å². The number of hydrogen-bond acceptors (Lipinski definition) is 10. The van der Waals surface area contributed by atoms with E-state index in [4.69, 9.17) is 23.7 Å². The Labute approximate surface area is 229 Å². The molecule has 1 aromatic rings. The molecule has 0 radical (unpaired) electrons. The van der Waals surface area contributed by atoms with Crippen LogP contribution < -0.4 is 9.47 Å². The monoisotopic (exact) mass is 547 g/mol. The van der Waals surface area contributed by atoms with Gasteiger partial charge in [-0.1, -0.05) is 0 Å². The van der Waals surface area contributed by atoms with Crippen molar-refractivity contribution in [1.29, 1.82) is 0 Å². The molecular weight excluding hydrogens is 506 g/mol. The molecule has 1 aliphatic carbocycles. The smallest absolute Gasteiger partial charge is 0.308 e. The second-order valence-electron chi connectivity index (χ2n) is 11.9. The first-order valence-corrected chi connectivity index (χ1v) is 13.8. The molecule has 5 atom stereocenters. The summed E-state index contributed by atoms with van der Waals surface area (Å²) in [6, 6.07) is 4.06. The Balaban J connectivity index is 1.50. The van der Waals surface area contributed by atoms with E-state index in [-0.39, 0.29) is 24.7 Å². The summed E-state index contributed by atoms with van der Waals surface area (Å²) in [5.74, 6) is 1.07. The highest BCUT2D eigenvalue weighted by atomic mass is 16.7. The van der Waals surface area contributed by atoms with Crippen LogP contribution in [-0.2, 0) is 25.4 Å². The topological polar surface area (TPSA) is 127 Å². The van der Waals surface area contributed by atoms with Crippen LogP contribution >= 0.6 is 0 Å². The van der Waals surface area contributed by atoms with E-state index in [2.05, 4.69) is 11.0 Å². The van der Waals surface area contributed by atoms with Crippen LogP contribution in [0.3, 0.4) is 0 Å². The number of nitrogens with zero attached hydrogens (tertiary/aromatic N) is 1. The van der Waals surface area contributed by atoms with E-state index >= 15 is 0 Å². The molecule has 0 aromatic heterocycles. The highest BCUT2D eigenvalue weighted by molar-refractivity contribution is 5.70. The Kier molecular flexibility index (Phi) is 7.62. The van der Waals surface area contributed by atoms with Crippen LogP contribution in [0.4, 0.5) is 0 Å². The van der Waals surface area contributed by atoms with Crippen molar-refractivity contribution in [3.8, 4) is 11.5 Å². The number of carbonyl (C=O) groups excluding carboxylic acids is 1. The molecule has 4 aliphatic rings. The van der Waals surface area contributed by atoms with Gasteiger partial charge in [0, 0.05) is 12.5 Å². The van der Waals surface area contributed by atoms with Crippen LogP contribution in [0.2, 0.25) is 0 Å². The van der Waals surface area contributed by atoms with Crippen LogP contribution in [0.1, 0.15) is 69.4 Å². The minimum atomic E-state index is -1.93. The summed E-state index contributed by atoms with van der Waals surface area (Å²) in [5.41, 5.74) is -1.09. The summed E-state index contributed by atoms with van der Waals surface area (Å²) < 4.78 is 28.4. The van der Waals surface area contributed by atoms with Gasteiger partial charge in [0.15, 0.2) is 17.8 Å². The third-order valence-electron chi connectivity index (χ3n) is 8.78. The van der Waals surface area contributed by atoms with Gasteiger partial charge in [-0.25, -0.2) is 0 Å². The SMILES string of the molecule is COC(=O)CC(O)(CCCC(C)(C)O)C(O)OC1C(OC)=CC23CCCN2CCc2cc4c(cc2C13)OCO4. The van der Waals surface area contributed by atoms with Gasteiger partial charge < -0.3 is 39.0 Å². The first kappa shape index (κ1) is 28.2. The first-order valence-electron chi connectivity index (χ1n) is 13.8. The summed E-state index contributed by atoms with van der Waals surface area (Å²) >= 11 is 0. The van der Waals surface area contributed by atoms with Gasteiger partial charge in [-0.2, -0.15) is 0 Å². The van der Waals surface area contributed by atoms with Crippen LogP contribution in [0.15, 0.2) is 24.0 Å². The Morgan fingerprint density at radius 3 is 2.62 bits per heavy atom. The zero-order valence-corrected chi connectivity index (χ0v) is 23.3. The van der Waals surface area contributed by atoms with Gasteiger partial charge in [-0.15, -0.1) is 0 Å². The van der Waals surface area contributed by atoms with E-state index < -0.39 is 36.0 Å². The van der Waals surface area contributed by atoms with Gasteiger partial charge in [0.05, 0.1) is 31.8 Å². The number of aliphatic hydroxyl groups excluding tert-OH is 1. The van der Waals surface area contributed by atoms with Crippen LogP contribution in [0.5, 0.6) is 11.5 Å². The molecule has 0 amide bonds. The zero-order chi connectivity index (χ0) is 28.0. The van der Waals surface area contributed by atoms with Crippen molar-refractivity contribution in [1.82, 2.24) is 4.90 Å². The lowest BCUT2D eigenvalue weighted by Crippen LogP contribution is -2.51. The third kappa shape index (κ3) is 5.25. The number of aliphatic hydroxyl groups is 3. The van der Waals surface area contributed by atoms with Crippen LogP contribution in [-0.4, -0.2) is 89.4 Å². The van der Waals surface area contributed by atoms with Gasteiger partial charge in [-0.3, -0.25) is 9.69 Å². The van der Waals surface area contributed by atoms with E-state index in [0.717, 1.165) is 49.2 Å². The van der Waals surface area contributed by atoms with Crippen molar-refractivity contribution < 1.29 is 43.8 Å². The second kappa shape index (κ2) is 10.6. The number of carbonyl (C=O) groups is 1. The van der Waals surface area contributed by atoms with Crippen LogP contribution in [0.25, 0.3) is 0 Å². The van der Waals surface area contributed by atoms with Crippen molar-refractivity contribution in [2.75, 3.05) is 34.1 Å². The summed E-state index contributed by atoms with van der Waals surface area (Å²) in [7, 11) is 2.82. The number of rotatable bonds is 10. The van der Waals surface area contributed by atoms with Gasteiger partial charge in [-0.05, 0) is 88.3 Å². The van der Waals surface area contributed by atoms with Gasteiger partial charge in [0.1, 0.15) is 17.5 Å². The average molecular weight is 548 g/mol. The van der Waals surface area contributed by atoms with E-state index in [0.29, 0.717) is 24.4 Å². The summed E-state index contributed by atoms with van der Waals surface area (Å²) in [5, 5.41) is 33.2.